The summed E-state index contributed by atoms with van der Waals surface area (Å²) in [6.07, 6.45) is 0.799. The van der Waals surface area contributed by atoms with E-state index in [0.29, 0.717) is 40.5 Å². The number of ether oxygens (including phenoxy) is 1. The molecule has 0 atom stereocenters. The monoisotopic (exact) mass is 606 g/mol. The minimum Gasteiger partial charge on any atom is -0.493 e. The van der Waals surface area contributed by atoms with Crippen LogP contribution in [-0.2, 0) is 23.7 Å². The molecule has 0 unspecified atom stereocenters. The number of anilines is 1. The zero-order valence-electron chi connectivity index (χ0n) is 24.7. The van der Waals surface area contributed by atoms with E-state index >= 15 is 0 Å². The number of piperazine rings is 1. The Morgan fingerprint density at radius 1 is 0.886 bits per heavy atom. The van der Waals surface area contributed by atoms with E-state index in [2.05, 4.69) is 9.80 Å². The minimum atomic E-state index is -1.82. The van der Waals surface area contributed by atoms with Crippen molar-refractivity contribution in [1.82, 2.24) is 14.0 Å². The van der Waals surface area contributed by atoms with E-state index in [1.807, 2.05) is 42.5 Å². The van der Waals surface area contributed by atoms with Crippen molar-refractivity contribution in [3.63, 3.8) is 0 Å². The Morgan fingerprint density at radius 2 is 1.55 bits per heavy atom. The van der Waals surface area contributed by atoms with Gasteiger partial charge in [-0.05, 0) is 25.5 Å². The molecule has 0 aliphatic carbocycles. The highest BCUT2D eigenvalue weighted by Gasteiger charge is 2.20. The van der Waals surface area contributed by atoms with Gasteiger partial charge in [0.05, 0.1) is 6.61 Å². The minimum absolute atomic E-state index is 0.0815. The summed E-state index contributed by atoms with van der Waals surface area (Å²) >= 11 is 0. The lowest BCUT2D eigenvalue weighted by Gasteiger charge is -2.36. The first-order valence-corrected chi connectivity index (χ1v) is 13.9. The second kappa shape index (κ2) is 13.9. The van der Waals surface area contributed by atoms with Crippen molar-refractivity contribution in [2.24, 2.45) is 14.1 Å². The molecule has 13 nitrogen and oxygen atoms in total. The van der Waals surface area contributed by atoms with Crippen LogP contribution in [0.25, 0.3) is 22.3 Å². The highest BCUT2D eigenvalue weighted by atomic mass is 16.5. The molecule has 0 saturated carbocycles. The van der Waals surface area contributed by atoms with Crippen LogP contribution in [0.4, 0.5) is 5.82 Å². The van der Waals surface area contributed by atoms with Crippen molar-refractivity contribution in [3.05, 3.63) is 91.2 Å². The molecule has 0 spiro atoms. The molecule has 4 aromatic rings. The molecule has 3 heterocycles. The molecule has 2 aromatic heterocycles. The van der Waals surface area contributed by atoms with Crippen LogP contribution in [0.5, 0.6) is 5.75 Å². The van der Waals surface area contributed by atoms with Gasteiger partial charge in [-0.3, -0.25) is 23.6 Å². The summed E-state index contributed by atoms with van der Waals surface area (Å²) in [4.78, 5) is 60.2. The van der Waals surface area contributed by atoms with Crippen molar-refractivity contribution in [3.8, 4) is 17.1 Å². The van der Waals surface area contributed by atoms with E-state index in [0.717, 1.165) is 49.3 Å². The molecule has 0 bridgehead atoms. The van der Waals surface area contributed by atoms with Gasteiger partial charge in [0, 0.05) is 64.0 Å². The lowest BCUT2D eigenvalue weighted by molar-refractivity contribution is -0.159. The van der Waals surface area contributed by atoms with Gasteiger partial charge in [-0.1, -0.05) is 36.4 Å². The predicted molar refractivity (Wildman–Crippen MR) is 164 cm³/mol. The van der Waals surface area contributed by atoms with Gasteiger partial charge in [0.2, 0.25) is 0 Å². The zero-order chi connectivity index (χ0) is 32.0. The molecule has 0 radical (unpaired) electrons. The van der Waals surface area contributed by atoms with E-state index in [4.69, 9.17) is 29.0 Å². The first-order chi connectivity index (χ1) is 21.0. The van der Waals surface area contributed by atoms with Crippen molar-refractivity contribution in [2.75, 3.05) is 44.2 Å². The van der Waals surface area contributed by atoms with Gasteiger partial charge in [-0.25, -0.2) is 14.4 Å². The maximum absolute atomic E-state index is 13.3. The van der Waals surface area contributed by atoms with Crippen molar-refractivity contribution in [2.45, 2.75) is 13.3 Å². The summed E-state index contributed by atoms with van der Waals surface area (Å²) in [5, 5.41) is 15.3. The van der Waals surface area contributed by atoms with Gasteiger partial charge < -0.3 is 24.3 Å². The highest BCUT2D eigenvalue weighted by molar-refractivity contribution is 6.27. The number of aliphatic carboxylic acids is 2. The van der Waals surface area contributed by atoms with Crippen molar-refractivity contribution < 1.29 is 29.0 Å². The van der Waals surface area contributed by atoms with Crippen LogP contribution in [0.15, 0.2) is 73.4 Å². The Labute approximate surface area is 251 Å². The summed E-state index contributed by atoms with van der Waals surface area (Å²) in [5.41, 5.74) is 1.25. The number of hydrogen-bond donors (Lipinski definition) is 2. The lowest BCUT2D eigenvalue weighted by Crippen LogP contribution is -2.49. The molecule has 1 saturated heterocycles. The largest absolute Gasteiger partial charge is 0.493 e. The third-order valence-electron chi connectivity index (χ3n) is 7.40. The quantitative estimate of drug-likeness (QED) is 0.233. The second-order valence-corrected chi connectivity index (χ2v) is 10.3. The number of carboxylic acids is 2. The fraction of sp³-hybridized carbons (Fsp3) is 0.323. The molecule has 1 aliphatic rings. The normalized spacial score (nSPS) is 13.3. The number of carboxylic acid groups (broad SMARTS) is 2. The molecular weight excluding hydrogens is 572 g/mol. The molecule has 2 aromatic carbocycles. The Morgan fingerprint density at radius 3 is 2.18 bits per heavy atom. The molecule has 5 rings (SSSR count). The number of benzene rings is 2. The van der Waals surface area contributed by atoms with E-state index < -0.39 is 11.9 Å². The van der Waals surface area contributed by atoms with Crippen molar-refractivity contribution >= 4 is 28.7 Å². The Kier molecular flexibility index (Phi) is 10.0. The van der Waals surface area contributed by atoms with Crippen LogP contribution in [0.1, 0.15) is 12.0 Å². The third kappa shape index (κ3) is 7.06. The highest BCUT2D eigenvalue weighted by Crippen LogP contribution is 2.29. The topological polar surface area (TPSA) is 165 Å². The first-order valence-electron chi connectivity index (χ1n) is 13.9. The van der Waals surface area contributed by atoms with Crippen LogP contribution >= 0.6 is 0 Å². The number of hydrogen-bond acceptors (Lipinski definition) is 9. The maximum Gasteiger partial charge on any atom is 0.414 e. The third-order valence-corrected chi connectivity index (χ3v) is 7.40. The number of rotatable bonds is 7. The molecule has 232 valence electrons. The summed E-state index contributed by atoms with van der Waals surface area (Å²) in [5.74, 6) is -1.88. The van der Waals surface area contributed by atoms with Crippen LogP contribution in [0.2, 0.25) is 0 Å². The zero-order valence-corrected chi connectivity index (χ0v) is 24.7. The fourth-order valence-corrected chi connectivity index (χ4v) is 4.98. The van der Waals surface area contributed by atoms with Crippen LogP contribution in [0.3, 0.4) is 0 Å². The molecular formula is C31H34N4O9. The predicted octanol–water partition coefficient (Wildman–Crippen LogP) is 1.91. The summed E-state index contributed by atoms with van der Waals surface area (Å²) in [6.45, 7) is 6.21. The van der Waals surface area contributed by atoms with Crippen molar-refractivity contribution in [1.29, 1.82) is 0 Å². The van der Waals surface area contributed by atoms with Gasteiger partial charge in [0.25, 0.3) is 5.56 Å². The number of nitrogens with zero attached hydrogens (tertiary/aromatic N) is 4. The van der Waals surface area contributed by atoms with Gasteiger partial charge in [0.1, 0.15) is 28.3 Å². The van der Waals surface area contributed by atoms with Gasteiger partial charge >= 0.3 is 17.6 Å². The number of aromatic nitrogens is 2. The van der Waals surface area contributed by atoms with Crippen LogP contribution in [0, 0.1) is 6.92 Å². The Bertz CT molecular complexity index is 1820. The fourth-order valence-electron chi connectivity index (χ4n) is 4.98. The summed E-state index contributed by atoms with van der Waals surface area (Å²) < 4.78 is 14.8. The Balaban J connectivity index is 0.000000670. The molecule has 44 heavy (non-hydrogen) atoms. The first kappa shape index (κ1) is 31.8. The smallest absolute Gasteiger partial charge is 0.414 e. The summed E-state index contributed by atoms with van der Waals surface area (Å²) in [7, 11) is 3.18. The molecule has 13 heteroatoms. The van der Waals surface area contributed by atoms with Gasteiger partial charge in [-0.2, -0.15) is 0 Å². The van der Waals surface area contributed by atoms with Gasteiger partial charge in [-0.15, -0.1) is 0 Å². The summed E-state index contributed by atoms with van der Waals surface area (Å²) in [6, 6.07) is 16.6. The number of fused-ring (bicyclic) bond motifs is 1. The average Bonchev–Trinajstić information content (AvgIpc) is 3.02. The lowest BCUT2D eigenvalue weighted by atomic mass is 10.1. The maximum atomic E-state index is 13.3. The standard InChI is InChI=1S/C29H32N4O5.C2H2O4/c1-20-27(35)26-22(11-7-12-23(26)38-28(20)21-9-5-4-6-10-21)37-18-8-13-32-14-16-33(17-15-32)24-19-25(34)31(3)29(36)30(24)2;3-1(4)2(5)6/h4-7,9-12,19H,8,13-18H2,1-3H3;(H,3,4)(H,5,6). The van der Waals surface area contributed by atoms with Gasteiger partial charge in [0.15, 0.2) is 5.43 Å². The molecule has 2 N–H and O–H groups in total. The molecule has 0 amide bonds. The average molecular weight is 607 g/mol. The number of carbonyl (C=O) groups is 2. The Hall–Kier alpha value is -5.17. The van der Waals surface area contributed by atoms with E-state index in [1.165, 1.54) is 17.7 Å². The van der Waals surface area contributed by atoms with Crippen LogP contribution in [-0.4, -0.2) is 75.5 Å². The van der Waals surface area contributed by atoms with E-state index in [1.54, 1.807) is 20.0 Å². The molecule has 1 aliphatic heterocycles. The molecule has 1 fully saturated rings. The SMILES string of the molecule is Cc1c(-c2ccccc2)oc2cccc(OCCCN3CCN(c4cc(=O)n(C)c(=O)n4C)CC3)c2c1=O.O=C(O)C(=O)O. The second-order valence-electron chi connectivity index (χ2n) is 10.3. The van der Waals surface area contributed by atoms with E-state index in [-0.39, 0.29) is 16.7 Å². The van der Waals surface area contributed by atoms with E-state index in [9.17, 15) is 14.4 Å². The van der Waals surface area contributed by atoms with Crippen LogP contribution < -0.4 is 26.3 Å².